The number of nitrogens with one attached hydrogen (secondary N) is 1. The molecular weight excluding hydrogens is 216 g/mol. The second-order valence-corrected chi connectivity index (χ2v) is 3.84. The first-order chi connectivity index (χ1) is 8.33. The number of aromatic nitrogens is 5. The molecule has 0 radical (unpaired) electrons. The fraction of sp³-hybridized carbons (Fsp3) is 0.455. The van der Waals surface area contributed by atoms with Crippen molar-refractivity contribution in [3.05, 3.63) is 36.2 Å². The van der Waals surface area contributed by atoms with Crippen LogP contribution < -0.4 is 5.32 Å². The molecule has 1 N–H and O–H groups in total. The van der Waals surface area contributed by atoms with Crippen LogP contribution in [-0.4, -0.2) is 31.5 Å². The number of hydrogen-bond donors (Lipinski definition) is 1. The van der Waals surface area contributed by atoms with Crippen molar-refractivity contribution in [3.8, 4) is 0 Å². The van der Waals surface area contributed by atoms with Crippen molar-refractivity contribution < 1.29 is 0 Å². The molecule has 90 valence electrons. The molecule has 0 fully saturated rings. The first kappa shape index (κ1) is 11.7. The van der Waals surface area contributed by atoms with Gasteiger partial charge in [-0.1, -0.05) is 12.1 Å². The van der Waals surface area contributed by atoms with E-state index in [9.17, 15) is 0 Å². The van der Waals surface area contributed by atoms with Crippen LogP contribution >= 0.6 is 0 Å². The van der Waals surface area contributed by atoms with Gasteiger partial charge in [-0.25, -0.2) is 9.97 Å². The summed E-state index contributed by atoms with van der Waals surface area (Å²) >= 11 is 0. The lowest BCUT2D eigenvalue weighted by molar-refractivity contribution is 0.548. The fourth-order valence-electron chi connectivity index (χ4n) is 1.70. The lowest BCUT2D eigenvalue weighted by Crippen LogP contribution is -2.25. The molecule has 2 heterocycles. The van der Waals surface area contributed by atoms with E-state index in [0.717, 1.165) is 24.2 Å². The third-order valence-corrected chi connectivity index (χ3v) is 2.56. The molecule has 0 saturated heterocycles. The minimum Gasteiger partial charge on any atom is -0.305 e. The summed E-state index contributed by atoms with van der Waals surface area (Å²) in [4.78, 5) is 8.10. The minimum atomic E-state index is 0.0381. The average Bonchev–Trinajstić information content (AvgIpc) is 2.78. The predicted octanol–water partition coefficient (Wildman–Crippen LogP) is 0.694. The third kappa shape index (κ3) is 2.65. The first-order valence-corrected chi connectivity index (χ1v) is 5.65. The highest BCUT2D eigenvalue weighted by molar-refractivity contribution is 5.21. The molecule has 0 saturated carbocycles. The van der Waals surface area contributed by atoms with Crippen LogP contribution in [0.3, 0.4) is 0 Å². The lowest BCUT2D eigenvalue weighted by atomic mass is 10.1. The summed E-state index contributed by atoms with van der Waals surface area (Å²) in [6, 6.07) is 0.0381. The second kappa shape index (κ2) is 5.49. The Bertz CT molecular complexity index is 452. The molecule has 0 aliphatic carbocycles. The molecule has 0 amide bonds. The summed E-state index contributed by atoms with van der Waals surface area (Å²) in [5.74, 6) is 0. The van der Waals surface area contributed by atoms with Crippen LogP contribution in [0.1, 0.15) is 30.6 Å². The summed E-state index contributed by atoms with van der Waals surface area (Å²) in [5.41, 5.74) is 2.03. The molecule has 2 aromatic rings. The number of hydrogen-bond acceptors (Lipinski definition) is 5. The third-order valence-electron chi connectivity index (χ3n) is 2.56. The Hall–Kier alpha value is -1.82. The lowest BCUT2D eigenvalue weighted by Gasteiger charge is -2.17. The fourth-order valence-corrected chi connectivity index (χ4v) is 1.70. The zero-order valence-electron chi connectivity index (χ0n) is 10.0. The van der Waals surface area contributed by atoms with Crippen LogP contribution in [0.2, 0.25) is 0 Å². The largest absolute Gasteiger partial charge is 0.305 e. The molecule has 6 heteroatoms. The van der Waals surface area contributed by atoms with Crippen LogP contribution in [0.4, 0.5) is 0 Å². The van der Waals surface area contributed by atoms with Crippen LogP contribution in [-0.2, 0) is 7.05 Å². The summed E-state index contributed by atoms with van der Waals surface area (Å²) in [7, 11) is 1.88. The van der Waals surface area contributed by atoms with Gasteiger partial charge >= 0.3 is 0 Å². The smallest absolute Gasteiger partial charge is 0.115 e. The van der Waals surface area contributed by atoms with E-state index in [2.05, 4.69) is 32.5 Å². The van der Waals surface area contributed by atoms with Crippen molar-refractivity contribution in [3.63, 3.8) is 0 Å². The standard InChI is InChI=1S/C11H16N6/c1-3-4-14-11(9-5-12-8-13-6-9)10-7-15-16-17(10)2/h5-8,11,14H,3-4H2,1-2H3. The van der Waals surface area contributed by atoms with E-state index in [4.69, 9.17) is 0 Å². The Morgan fingerprint density at radius 2 is 2.06 bits per heavy atom. The normalized spacial score (nSPS) is 12.6. The van der Waals surface area contributed by atoms with E-state index in [-0.39, 0.29) is 6.04 Å². The molecule has 0 aliphatic rings. The Morgan fingerprint density at radius 1 is 1.29 bits per heavy atom. The van der Waals surface area contributed by atoms with Gasteiger partial charge in [-0.3, -0.25) is 4.68 Å². The minimum absolute atomic E-state index is 0.0381. The monoisotopic (exact) mass is 232 g/mol. The molecule has 1 unspecified atom stereocenters. The quantitative estimate of drug-likeness (QED) is 0.821. The van der Waals surface area contributed by atoms with Crippen molar-refractivity contribution in [2.45, 2.75) is 19.4 Å². The Labute approximate surface area is 100 Å². The zero-order valence-corrected chi connectivity index (χ0v) is 10.0. The van der Waals surface area contributed by atoms with Gasteiger partial charge in [-0.2, -0.15) is 0 Å². The van der Waals surface area contributed by atoms with E-state index >= 15 is 0 Å². The van der Waals surface area contributed by atoms with E-state index in [1.807, 2.05) is 19.4 Å². The Balaban J connectivity index is 2.29. The predicted molar refractivity (Wildman–Crippen MR) is 63.2 cm³/mol. The molecule has 0 aromatic carbocycles. The highest BCUT2D eigenvalue weighted by Crippen LogP contribution is 2.18. The maximum Gasteiger partial charge on any atom is 0.115 e. The maximum atomic E-state index is 4.05. The molecule has 17 heavy (non-hydrogen) atoms. The van der Waals surface area contributed by atoms with Crippen molar-refractivity contribution in [2.24, 2.45) is 7.05 Å². The van der Waals surface area contributed by atoms with Crippen LogP contribution in [0.15, 0.2) is 24.9 Å². The van der Waals surface area contributed by atoms with Gasteiger partial charge in [0.05, 0.1) is 17.9 Å². The second-order valence-electron chi connectivity index (χ2n) is 3.84. The van der Waals surface area contributed by atoms with Crippen LogP contribution in [0, 0.1) is 0 Å². The van der Waals surface area contributed by atoms with Gasteiger partial charge in [0.2, 0.25) is 0 Å². The van der Waals surface area contributed by atoms with E-state index in [1.165, 1.54) is 6.33 Å². The van der Waals surface area contributed by atoms with E-state index < -0.39 is 0 Å². The molecule has 2 aromatic heterocycles. The van der Waals surface area contributed by atoms with E-state index in [1.54, 1.807) is 10.9 Å². The van der Waals surface area contributed by atoms with Gasteiger partial charge in [0.15, 0.2) is 0 Å². The molecule has 0 bridgehead atoms. The molecule has 2 rings (SSSR count). The topological polar surface area (TPSA) is 68.5 Å². The van der Waals surface area contributed by atoms with Crippen LogP contribution in [0.5, 0.6) is 0 Å². The molecule has 1 atom stereocenters. The van der Waals surface area contributed by atoms with Gasteiger partial charge in [0.1, 0.15) is 6.33 Å². The Morgan fingerprint density at radius 3 is 2.65 bits per heavy atom. The average molecular weight is 232 g/mol. The van der Waals surface area contributed by atoms with Gasteiger partial charge < -0.3 is 5.32 Å². The van der Waals surface area contributed by atoms with Crippen molar-refractivity contribution in [2.75, 3.05) is 6.54 Å². The van der Waals surface area contributed by atoms with Crippen molar-refractivity contribution >= 4 is 0 Å². The number of nitrogens with zero attached hydrogens (tertiary/aromatic N) is 5. The van der Waals surface area contributed by atoms with Gasteiger partial charge in [0.25, 0.3) is 0 Å². The van der Waals surface area contributed by atoms with Crippen molar-refractivity contribution in [1.29, 1.82) is 0 Å². The highest BCUT2D eigenvalue weighted by atomic mass is 15.4. The first-order valence-electron chi connectivity index (χ1n) is 5.65. The van der Waals surface area contributed by atoms with E-state index in [0.29, 0.717) is 0 Å². The summed E-state index contributed by atoms with van der Waals surface area (Å²) < 4.78 is 1.76. The van der Waals surface area contributed by atoms with Crippen molar-refractivity contribution in [1.82, 2.24) is 30.3 Å². The van der Waals surface area contributed by atoms with Gasteiger partial charge in [0, 0.05) is 25.0 Å². The van der Waals surface area contributed by atoms with Gasteiger partial charge in [-0.15, -0.1) is 5.10 Å². The SMILES string of the molecule is CCCNC(c1cncnc1)c1cnnn1C. The molecule has 6 nitrogen and oxygen atoms in total. The highest BCUT2D eigenvalue weighted by Gasteiger charge is 2.17. The molecular formula is C11H16N6. The zero-order chi connectivity index (χ0) is 12.1. The number of rotatable bonds is 5. The maximum absolute atomic E-state index is 4.05. The molecule has 0 spiro atoms. The van der Waals surface area contributed by atoms with Crippen LogP contribution in [0.25, 0.3) is 0 Å². The number of aryl methyl sites for hydroxylation is 1. The summed E-state index contributed by atoms with van der Waals surface area (Å²) in [5, 5.41) is 11.3. The summed E-state index contributed by atoms with van der Waals surface area (Å²) in [6.07, 6.45) is 7.98. The molecule has 0 aliphatic heterocycles. The summed E-state index contributed by atoms with van der Waals surface area (Å²) in [6.45, 7) is 3.05. The van der Waals surface area contributed by atoms with Gasteiger partial charge in [-0.05, 0) is 13.0 Å². The Kier molecular flexibility index (Phi) is 3.77.